The van der Waals surface area contributed by atoms with Crippen LogP contribution in [0.1, 0.15) is 33.8 Å². The van der Waals surface area contributed by atoms with E-state index in [1.54, 1.807) is 60.1 Å². The van der Waals surface area contributed by atoms with Crippen molar-refractivity contribution in [2.45, 2.75) is 18.2 Å². The zero-order valence-electron chi connectivity index (χ0n) is 19.1. The van der Waals surface area contributed by atoms with E-state index in [9.17, 15) is 23.4 Å². The molecule has 182 valence electrons. The van der Waals surface area contributed by atoms with Gasteiger partial charge < -0.3 is 14.8 Å². The molecule has 0 fully saturated rings. The first kappa shape index (κ1) is 23.5. The minimum atomic E-state index is -4.77. The van der Waals surface area contributed by atoms with Crippen molar-refractivity contribution in [3.8, 4) is 5.75 Å². The van der Waals surface area contributed by atoms with Crippen molar-refractivity contribution in [2.75, 3.05) is 0 Å². The molecule has 3 aromatic heterocycles. The maximum absolute atomic E-state index is 13.9. The quantitative estimate of drug-likeness (QED) is 0.364. The molecule has 2 N–H and O–H groups in total. The molecule has 0 spiro atoms. The SMILES string of the molecule is Cn1cncc1C(O)(c1ccc2nc(C(F)(F)F)c(Cc3ccccc3)c(O)c2c1)c1ccccn1. The van der Waals surface area contributed by atoms with E-state index < -0.39 is 23.2 Å². The molecule has 36 heavy (non-hydrogen) atoms. The minimum Gasteiger partial charge on any atom is -0.507 e. The molecule has 0 saturated heterocycles. The van der Waals surface area contributed by atoms with Crippen molar-refractivity contribution in [1.29, 1.82) is 0 Å². The summed E-state index contributed by atoms with van der Waals surface area (Å²) in [6.07, 6.45) is -0.384. The fourth-order valence-corrected chi connectivity index (χ4v) is 4.42. The molecule has 1 atom stereocenters. The number of benzene rings is 2. The molecule has 0 aliphatic rings. The molecular formula is C27H21F3N4O2. The number of alkyl halides is 3. The van der Waals surface area contributed by atoms with Gasteiger partial charge in [-0.1, -0.05) is 42.5 Å². The summed E-state index contributed by atoms with van der Waals surface area (Å²) in [5.41, 5.74) is -1.75. The summed E-state index contributed by atoms with van der Waals surface area (Å²) in [4.78, 5) is 12.3. The summed E-state index contributed by atoms with van der Waals surface area (Å²) >= 11 is 0. The fourth-order valence-electron chi connectivity index (χ4n) is 4.42. The van der Waals surface area contributed by atoms with Crippen molar-refractivity contribution < 1.29 is 23.4 Å². The Hall–Kier alpha value is -4.24. The van der Waals surface area contributed by atoms with E-state index >= 15 is 0 Å². The van der Waals surface area contributed by atoms with Crippen LogP contribution >= 0.6 is 0 Å². The number of aromatic hydroxyl groups is 1. The lowest BCUT2D eigenvalue weighted by atomic mass is 9.85. The summed E-state index contributed by atoms with van der Waals surface area (Å²) in [6, 6.07) is 17.9. The fraction of sp³-hybridized carbons (Fsp3) is 0.148. The number of halogens is 3. The van der Waals surface area contributed by atoms with Gasteiger partial charge in [0.05, 0.1) is 29.4 Å². The van der Waals surface area contributed by atoms with Crippen LogP contribution in [-0.2, 0) is 25.2 Å². The minimum absolute atomic E-state index is 0.0474. The first-order valence-electron chi connectivity index (χ1n) is 11.1. The van der Waals surface area contributed by atoms with Crippen LogP contribution in [0.15, 0.2) is 85.5 Å². The van der Waals surface area contributed by atoms with Gasteiger partial charge in [0.25, 0.3) is 0 Å². The van der Waals surface area contributed by atoms with Crippen LogP contribution in [0.2, 0.25) is 0 Å². The summed E-state index contributed by atoms with van der Waals surface area (Å²) in [5, 5.41) is 23.3. The third-order valence-corrected chi connectivity index (χ3v) is 6.19. The number of imidazole rings is 1. The van der Waals surface area contributed by atoms with Crippen LogP contribution in [-0.4, -0.2) is 29.7 Å². The number of pyridine rings is 2. The molecular weight excluding hydrogens is 469 g/mol. The van der Waals surface area contributed by atoms with Gasteiger partial charge in [-0.05, 0) is 35.4 Å². The molecule has 3 heterocycles. The Morgan fingerprint density at radius 2 is 1.72 bits per heavy atom. The lowest BCUT2D eigenvalue weighted by Gasteiger charge is -2.29. The van der Waals surface area contributed by atoms with Crippen LogP contribution in [0.5, 0.6) is 5.75 Å². The number of rotatable bonds is 5. The van der Waals surface area contributed by atoms with E-state index in [0.29, 0.717) is 16.8 Å². The zero-order valence-corrected chi connectivity index (χ0v) is 19.1. The van der Waals surface area contributed by atoms with Crippen LogP contribution in [0.3, 0.4) is 0 Å². The van der Waals surface area contributed by atoms with Crippen LogP contribution < -0.4 is 0 Å². The van der Waals surface area contributed by atoms with E-state index in [4.69, 9.17) is 0 Å². The molecule has 0 saturated carbocycles. The third kappa shape index (κ3) is 3.97. The van der Waals surface area contributed by atoms with Crippen LogP contribution in [0.4, 0.5) is 13.2 Å². The van der Waals surface area contributed by atoms with E-state index in [1.807, 2.05) is 0 Å². The number of aromatic nitrogens is 4. The summed E-state index contributed by atoms with van der Waals surface area (Å²) in [6.45, 7) is 0. The molecule has 0 bridgehead atoms. The molecule has 1 unspecified atom stereocenters. The van der Waals surface area contributed by atoms with Crippen molar-refractivity contribution in [1.82, 2.24) is 19.5 Å². The standard InChI is InChI=1S/C27H21F3N4O2/c1-34-16-31-15-23(34)26(36,22-9-5-6-12-32-22)18-10-11-21-19(14-18)24(35)20(25(33-21)27(28,29)30)13-17-7-3-2-4-8-17/h2-12,14-16,36H,13H2,1H3,(H,33,35). The van der Waals surface area contributed by atoms with E-state index in [1.165, 1.54) is 36.9 Å². The molecule has 6 nitrogen and oxygen atoms in total. The van der Waals surface area contributed by atoms with E-state index in [-0.39, 0.29) is 28.6 Å². The van der Waals surface area contributed by atoms with Crippen molar-refractivity contribution in [2.24, 2.45) is 7.05 Å². The van der Waals surface area contributed by atoms with Gasteiger partial charge in [-0.25, -0.2) is 9.97 Å². The highest BCUT2D eigenvalue weighted by Gasteiger charge is 2.40. The predicted molar refractivity (Wildman–Crippen MR) is 127 cm³/mol. The zero-order chi connectivity index (χ0) is 25.5. The maximum atomic E-state index is 13.9. The van der Waals surface area contributed by atoms with Gasteiger partial charge in [0, 0.05) is 30.6 Å². The van der Waals surface area contributed by atoms with Crippen molar-refractivity contribution >= 4 is 10.9 Å². The molecule has 2 aromatic carbocycles. The Labute approximate surface area is 204 Å². The summed E-state index contributed by atoms with van der Waals surface area (Å²) in [5.74, 6) is -0.536. The van der Waals surface area contributed by atoms with Crippen molar-refractivity contribution in [3.05, 3.63) is 119 Å². The average molecular weight is 490 g/mol. The van der Waals surface area contributed by atoms with Gasteiger partial charge >= 0.3 is 6.18 Å². The number of aliphatic hydroxyl groups is 1. The molecule has 5 aromatic rings. The Bertz CT molecular complexity index is 1540. The first-order valence-corrected chi connectivity index (χ1v) is 11.1. The predicted octanol–water partition coefficient (Wildman–Crippen LogP) is 4.96. The molecule has 0 radical (unpaired) electrons. The summed E-state index contributed by atoms with van der Waals surface area (Å²) < 4.78 is 43.5. The highest BCUT2D eigenvalue weighted by Crippen LogP contribution is 2.42. The molecule has 5 rings (SSSR count). The van der Waals surface area contributed by atoms with Crippen LogP contribution in [0.25, 0.3) is 10.9 Å². The number of nitrogens with zero attached hydrogens (tertiary/aromatic N) is 4. The van der Waals surface area contributed by atoms with Gasteiger partial charge in [0.1, 0.15) is 5.75 Å². The van der Waals surface area contributed by atoms with Crippen LogP contribution in [0, 0.1) is 0 Å². The van der Waals surface area contributed by atoms with E-state index in [2.05, 4.69) is 15.0 Å². The normalized spacial score (nSPS) is 13.6. The van der Waals surface area contributed by atoms with Gasteiger partial charge in [0.2, 0.25) is 0 Å². The number of fused-ring (bicyclic) bond motifs is 1. The van der Waals surface area contributed by atoms with Crippen molar-refractivity contribution in [3.63, 3.8) is 0 Å². The molecule has 0 aliphatic carbocycles. The topological polar surface area (TPSA) is 84.1 Å². The second kappa shape index (κ2) is 8.76. The lowest BCUT2D eigenvalue weighted by Crippen LogP contribution is -2.32. The average Bonchev–Trinajstić information content (AvgIpc) is 3.31. The number of hydrogen-bond acceptors (Lipinski definition) is 5. The Morgan fingerprint density at radius 3 is 2.36 bits per heavy atom. The second-order valence-electron chi connectivity index (χ2n) is 8.49. The second-order valence-corrected chi connectivity index (χ2v) is 8.49. The number of aryl methyl sites for hydroxylation is 1. The number of hydrogen-bond donors (Lipinski definition) is 2. The van der Waals surface area contributed by atoms with Gasteiger partial charge in [-0.3, -0.25) is 4.98 Å². The molecule has 0 aliphatic heterocycles. The Kier molecular flexibility index (Phi) is 5.72. The summed E-state index contributed by atoms with van der Waals surface area (Å²) in [7, 11) is 1.71. The maximum Gasteiger partial charge on any atom is 0.433 e. The smallest absolute Gasteiger partial charge is 0.433 e. The van der Waals surface area contributed by atoms with Gasteiger partial charge in [0.15, 0.2) is 11.3 Å². The molecule has 0 amide bonds. The monoisotopic (exact) mass is 490 g/mol. The molecule has 9 heteroatoms. The lowest BCUT2D eigenvalue weighted by molar-refractivity contribution is -0.141. The van der Waals surface area contributed by atoms with E-state index in [0.717, 1.165) is 0 Å². The third-order valence-electron chi connectivity index (χ3n) is 6.19. The Morgan fingerprint density at radius 1 is 0.972 bits per heavy atom. The Balaban J connectivity index is 1.76. The highest BCUT2D eigenvalue weighted by atomic mass is 19.4. The largest absolute Gasteiger partial charge is 0.507 e. The van der Waals surface area contributed by atoms with Gasteiger partial charge in [-0.15, -0.1) is 0 Å². The first-order chi connectivity index (χ1) is 17.2. The highest BCUT2D eigenvalue weighted by molar-refractivity contribution is 5.88. The van der Waals surface area contributed by atoms with Gasteiger partial charge in [-0.2, -0.15) is 13.2 Å².